The van der Waals surface area contributed by atoms with Gasteiger partial charge in [0.05, 0.1) is 36.2 Å². The van der Waals surface area contributed by atoms with E-state index >= 15 is 0 Å². The molecule has 4 rings (SSSR count). The molecule has 0 atom stereocenters. The third kappa shape index (κ3) is 3.88. The van der Waals surface area contributed by atoms with Gasteiger partial charge in [0.25, 0.3) is 0 Å². The molecule has 9 heteroatoms. The predicted molar refractivity (Wildman–Crippen MR) is 120 cm³/mol. The third-order valence-corrected chi connectivity index (χ3v) is 5.10. The summed E-state index contributed by atoms with van der Waals surface area (Å²) in [7, 11) is 3.11. The highest BCUT2D eigenvalue weighted by molar-refractivity contribution is 6.34. The molecular weight excluding hydrogens is 432 g/mol. The first-order valence-corrected chi connectivity index (χ1v) is 9.96. The molecular formula is C23H19ClN4O4. The summed E-state index contributed by atoms with van der Waals surface area (Å²) in [5, 5.41) is 4.67. The molecule has 0 aliphatic rings. The zero-order valence-corrected chi connectivity index (χ0v) is 18.3. The molecule has 0 radical (unpaired) electrons. The Morgan fingerprint density at radius 2 is 1.84 bits per heavy atom. The Balaban J connectivity index is 1.97. The van der Waals surface area contributed by atoms with Gasteiger partial charge in [-0.25, -0.2) is 14.9 Å². The summed E-state index contributed by atoms with van der Waals surface area (Å²) in [6.45, 7) is 1.42. The van der Waals surface area contributed by atoms with Gasteiger partial charge in [0.15, 0.2) is 11.5 Å². The Morgan fingerprint density at radius 3 is 2.50 bits per heavy atom. The van der Waals surface area contributed by atoms with E-state index < -0.39 is 0 Å². The SMILES string of the molecule is COc1ccc(-c2noc(N(C(C)=O)c3ccccc3Cl)c2-c2ccncn2)cc1OC. The van der Waals surface area contributed by atoms with Gasteiger partial charge in [-0.2, -0.15) is 0 Å². The number of aromatic nitrogens is 3. The fraction of sp³-hybridized carbons (Fsp3) is 0.130. The average Bonchev–Trinajstić information content (AvgIpc) is 3.25. The van der Waals surface area contributed by atoms with Crippen molar-refractivity contribution >= 4 is 29.1 Å². The standard InChI is InChI=1S/C23H19ClN4O4/c1-14(29)28(18-7-5-4-6-16(18)24)23-21(17-10-11-25-13-26-17)22(27-32-23)15-8-9-19(30-2)20(12-15)31-3/h4-13H,1-3H3. The summed E-state index contributed by atoms with van der Waals surface area (Å²) in [5.41, 5.74) is 2.66. The van der Waals surface area contributed by atoms with E-state index in [2.05, 4.69) is 15.1 Å². The lowest BCUT2D eigenvalue weighted by Gasteiger charge is -2.20. The summed E-state index contributed by atoms with van der Waals surface area (Å²) in [6.07, 6.45) is 3.02. The van der Waals surface area contributed by atoms with Crippen molar-refractivity contribution in [2.24, 2.45) is 0 Å². The molecule has 4 aromatic rings. The summed E-state index contributed by atoms with van der Waals surface area (Å²) >= 11 is 6.40. The normalized spacial score (nSPS) is 10.6. The molecule has 0 unspecified atom stereocenters. The molecule has 2 aromatic carbocycles. The number of amides is 1. The molecule has 162 valence electrons. The van der Waals surface area contributed by atoms with Crippen molar-refractivity contribution in [3.05, 3.63) is 66.1 Å². The van der Waals surface area contributed by atoms with E-state index in [4.69, 9.17) is 25.6 Å². The summed E-state index contributed by atoms with van der Waals surface area (Å²) in [5.74, 6) is 0.986. The lowest BCUT2D eigenvalue weighted by Crippen LogP contribution is -2.23. The van der Waals surface area contributed by atoms with Gasteiger partial charge >= 0.3 is 0 Å². The number of hydrogen-bond acceptors (Lipinski definition) is 7. The number of carbonyl (C=O) groups excluding carboxylic acids is 1. The van der Waals surface area contributed by atoms with E-state index in [1.165, 1.54) is 18.2 Å². The number of methoxy groups -OCH3 is 2. The Morgan fingerprint density at radius 1 is 1.06 bits per heavy atom. The van der Waals surface area contributed by atoms with Gasteiger partial charge in [-0.3, -0.25) is 4.79 Å². The van der Waals surface area contributed by atoms with Crippen LogP contribution in [0.1, 0.15) is 6.92 Å². The first-order valence-electron chi connectivity index (χ1n) is 9.58. The first-order chi connectivity index (χ1) is 15.5. The minimum absolute atomic E-state index is 0.189. The van der Waals surface area contributed by atoms with Crippen LogP contribution in [0.3, 0.4) is 0 Å². The van der Waals surface area contributed by atoms with Crippen LogP contribution >= 0.6 is 11.6 Å². The van der Waals surface area contributed by atoms with E-state index in [-0.39, 0.29) is 11.8 Å². The number of carbonyl (C=O) groups is 1. The Kier molecular flexibility index (Phi) is 6.04. The summed E-state index contributed by atoms with van der Waals surface area (Å²) in [6, 6.07) is 14.1. The lowest BCUT2D eigenvalue weighted by atomic mass is 10.0. The second-order valence-electron chi connectivity index (χ2n) is 6.68. The molecule has 2 aromatic heterocycles. The van der Waals surface area contributed by atoms with E-state index in [1.807, 2.05) is 6.07 Å². The molecule has 8 nitrogen and oxygen atoms in total. The predicted octanol–water partition coefficient (Wildman–Crippen LogP) is 5.15. The molecule has 0 fully saturated rings. The van der Waals surface area contributed by atoms with Crippen molar-refractivity contribution in [3.63, 3.8) is 0 Å². The van der Waals surface area contributed by atoms with Crippen molar-refractivity contribution in [1.82, 2.24) is 15.1 Å². The fourth-order valence-electron chi connectivity index (χ4n) is 3.34. The Labute approximate surface area is 189 Å². The van der Waals surface area contributed by atoms with Crippen LogP contribution in [0.25, 0.3) is 22.5 Å². The minimum Gasteiger partial charge on any atom is -0.493 e. The molecule has 32 heavy (non-hydrogen) atoms. The van der Waals surface area contributed by atoms with Gasteiger partial charge < -0.3 is 14.0 Å². The summed E-state index contributed by atoms with van der Waals surface area (Å²) in [4.78, 5) is 22.4. The smallest absolute Gasteiger partial charge is 0.248 e. The number of anilines is 2. The van der Waals surface area contributed by atoms with Crippen molar-refractivity contribution in [1.29, 1.82) is 0 Å². The molecule has 0 aliphatic carbocycles. The second kappa shape index (κ2) is 9.07. The highest BCUT2D eigenvalue weighted by atomic mass is 35.5. The topological polar surface area (TPSA) is 90.6 Å². The number of halogens is 1. The van der Waals surface area contributed by atoms with Crippen LogP contribution in [0.2, 0.25) is 5.02 Å². The monoisotopic (exact) mass is 450 g/mol. The van der Waals surface area contributed by atoms with Crippen molar-refractivity contribution in [2.75, 3.05) is 19.1 Å². The van der Waals surface area contributed by atoms with Gasteiger partial charge in [0.1, 0.15) is 12.0 Å². The molecule has 0 N–H and O–H groups in total. The highest BCUT2D eigenvalue weighted by Gasteiger charge is 2.29. The molecule has 0 bridgehead atoms. The highest BCUT2D eigenvalue weighted by Crippen LogP contribution is 2.44. The largest absolute Gasteiger partial charge is 0.493 e. The maximum atomic E-state index is 12.7. The average molecular weight is 451 g/mol. The van der Waals surface area contributed by atoms with Crippen LogP contribution in [0.4, 0.5) is 11.6 Å². The number of hydrogen-bond donors (Lipinski definition) is 0. The maximum Gasteiger partial charge on any atom is 0.248 e. The molecule has 2 heterocycles. The van der Waals surface area contributed by atoms with Crippen LogP contribution < -0.4 is 14.4 Å². The van der Waals surface area contributed by atoms with Crippen LogP contribution in [-0.4, -0.2) is 35.3 Å². The Bertz CT molecular complexity index is 1260. The van der Waals surface area contributed by atoms with E-state index in [0.29, 0.717) is 44.7 Å². The zero-order valence-electron chi connectivity index (χ0n) is 17.6. The molecule has 0 spiro atoms. The third-order valence-electron chi connectivity index (χ3n) is 4.78. The van der Waals surface area contributed by atoms with E-state index in [0.717, 1.165) is 0 Å². The first kappa shape index (κ1) is 21.3. The van der Waals surface area contributed by atoms with Crippen molar-refractivity contribution in [3.8, 4) is 34.0 Å². The number of nitrogens with zero attached hydrogens (tertiary/aromatic N) is 4. The lowest BCUT2D eigenvalue weighted by molar-refractivity contribution is -0.116. The van der Waals surface area contributed by atoms with Gasteiger partial charge in [-0.15, -0.1) is 0 Å². The quantitative estimate of drug-likeness (QED) is 0.401. The summed E-state index contributed by atoms with van der Waals surface area (Å²) < 4.78 is 16.5. The van der Waals surface area contributed by atoms with Crippen molar-refractivity contribution in [2.45, 2.75) is 6.92 Å². The number of ether oxygens (including phenoxy) is 2. The van der Waals surface area contributed by atoms with Gasteiger partial charge in [-0.05, 0) is 36.4 Å². The fourth-order valence-corrected chi connectivity index (χ4v) is 3.56. The van der Waals surface area contributed by atoms with Gasteiger partial charge in [0.2, 0.25) is 11.8 Å². The van der Waals surface area contributed by atoms with E-state index in [1.54, 1.807) is 62.9 Å². The van der Waals surface area contributed by atoms with Gasteiger partial charge in [0, 0.05) is 18.7 Å². The second-order valence-corrected chi connectivity index (χ2v) is 7.09. The van der Waals surface area contributed by atoms with Gasteiger partial charge in [-0.1, -0.05) is 28.9 Å². The molecule has 0 aliphatic heterocycles. The zero-order chi connectivity index (χ0) is 22.7. The van der Waals surface area contributed by atoms with Crippen LogP contribution in [0.15, 0.2) is 65.6 Å². The number of para-hydroxylation sites is 1. The van der Waals surface area contributed by atoms with Crippen LogP contribution in [0, 0.1) is 0 Å². The molecule has 1 amide bonds. The van der Waals surface area contributed by atoms with Crippen LogP contribution in [-0.2, 0) is 4.79 Å². The van der Waals surface area contributed by atoms with E-state index in [9.17, 15) is 4.79 Å². The van der Waals surface area contributed by atoms with Crippen LogP contribution in [0.5, 0.6) is 11.5 Å². The van der Waals surface area contributed by atoms with Crippen molar-refractivity contribution < 1.29 is 18.8 Å². The number of benzene rings is 2. The maximum absolute atomic E-state index is 12.7. The molecule has 0 saturated heterocycles. The minimum atomic E-state index is -0.302. The number of rotatable bonds is 6. The Hall–Kier alpha value is -3.91. The molecule has 0 saturated carbocycles.